The molecule has 2 aliphatic carbocycles. The Bertz CT molecular complexity index is 2000. The maximum absolute atomic E-state index is 14.3. The van der Waals surface area contributed by atoms with Gasteiger partial charge in [0.15, 0.2) is 9.75 Å². The predicted octanol–water partition coefficient (Wildman–Crippen LogP) is 7.34. The molecule has 1 saturated carbocycles. The van der Waals surface area contributed by atoms with E-state index in [0.29, 0.717) is 4.90 Å². The summed E-state index contributed by atoms with van der Waals surface area (Å²) in [5.74, 6) is -10.4. The lowest BCUT2D eigenvalue weighted by Gasteiger charge is -2.50. The van der Waals surface area contributed by atoms with Crippen LogP contribution in [0.3, 0.4) is 0 Å². The SMILES string of the molecule is O=C1[C@H]2[C@H](CC=C3[C@H]2C[C@@]2(Cl)C(=O)N(c4ccc(F)cc4)C(=O)[C@@]2(Cl)[C@H]3c2cccc(O)c2)C(=O)N1c1cc(C(F)(F)F)cc(C(F)(F)F)c1. The molecule has 3 aromatic carbocycles. The molecule has 0 aromatic heterocycles. The van der Waals surface area contributed by atoms with Crippen molar-refractivity contribution in [3.8, 4) is 5.75 Å². The Morgan fingerprint density at radius 3 is 1.94 bits per heavy atom. The quantitative estimate of drug-likeness (QED) is 0.131. The van der Waals surface area contributed by atoms with Gasteiger partial charge in [-0.2, -0.15) is 26.3 Å². The molecule has 2 heterocycles. The number of carbonyl (C=O) groups excluding carboxylic acids is 4. The van der Waals surface area contributed by atoms with E-state index in [4.69, 9.17) is 23.2 Å². The van der Waals surface area contributed by atoms with Crippen LogP contribution in [0, 0.1) is 23.6 Å². The van der Waals surface area contributed by atoms with E-state index in [1.165, 1.54) is 30.3 Å². The van der Waals surface area contributed by atoms with Gasteiger partial charge in [0, 0.05) is 5.92 Å². The molecule has 7 rings (SSSR count). The van der Waals surface area contributed by atoms with Crippen molar-refractivity contribution < 1.29 is 55.0 Å². The average Bonchev–Trinajstić information content (AvgIpc) is 3.38. The molecule has 50 heavy (non-hydrogen) atoms. The van der Waals surface area contributed by atoms with Crippen molar-refractivity contribution in [3.05, 3.63) is 101 Å². The first-order valence-corrected chi connectivity index (χ1v) is 15.7. The summed E-state index contributed by atoms with van der Waals surface area (Å²) in [7, 11) is 0. The number of carbonyl (C=O) groups is 4. The Morgan fingerprint density at radius 2 is 1.36 bits per heavy atom. The van der Waals surface area contributed by atoms with Gasteiger partial charge in [0.05, 0.1) is 34.3 Å². The molecule has 3 aromatic rings. The minimum atomic E-state index is -5.26. The van der Waals surface area contributed by atoms with Gasteiger partial charge in [-0.05, 0) is 78.9 Å². The molecule has 16 heteroatoms. The van der Waals surface area contributed by atoms with Crippen molar-refractivity contribution in [2.24, 2.45) is 17.8 Å². The van der Waals surface area contributed by atoms with Crippen LogP contribution in [-0.2, 0) is 31.5 Å². The van der Waals surface area contributed by atoms with Gasteiger partial charge in [0.1, 0.15) is 11.6 Å². The van der Waals surface area contributed by atoms with Crippen LogP contribution in [0.25, 0.3) is 0 Å². The van der Waals surface area contributed by atoms with Crippen molar-refractivity contribution >= 4 is 58.2 Å². The van der Waals surface area contributed by atoms with Gasteiger partial charge in [-0.15, -0.1) is 23.2 Å². The van der Waals surface area contributed by atoms with Gasteiger partial charge >= 0.3 is 12.4 Å². The Labute approximate surface area is 287 Å². The molecule has 2 saturated heterocycles. The van der Waals surface area contributed by atoms with E-state index in [2.05, 4.69) is 0 Å². The normalized spacial score (nSPS) is 29.6. The molecule has 1 N–H and O–H groups in total. The zero-order valence-electron chi connectivity index (χ0n) is 25.0. The van der Waals surface area contributed by atoms with E-state index in [1.54, 1.807) is 0 Å². The fourth-order valence-corrected chi connectivity index (χ4v) is 8.73. The van der Waals surface area contributed by atoms with Crippen molar-refractivity contribution in [3.63, 3.8) is 0 Å². The van der Waals surface area contributed by atoms with Crippen LogP contribution in [0.4, 0.5) is 42.1 Å². The topological polar surface area (TPSA) is 95.0 Å². The number of phenols is 1. The van der Waals surface area contributed by atoms with Crippen LogP contribution in [0.15, 0.2) is 78.4 Å². The Hall–Kier alpha value is -4.43. The van der Waals surface area contributed by atoms with E-state index in [-0.39, 0.29) is 52.1 Å². The zero-order chi connectivity index (χ0) is 36.3. The lowest BCUT2D eigenvalue weighted by atomic mass is 9.56. The number of allylic oxidation sites excluding steroid dienone is 2. The Kier molecular flexibility index (Phi) is 7.51. The second-order valence-electron chi connectivity index (χ2n) is 12.6. The summed E-state index contributed by atoms with van der Waals surface area (Å²) in [5, 5.41) is 10.4. The first-order chi connectivity index (χ1) is 23.3. The zero-order valence-corrected chi connectivity index (χ0v) is 26.5. The lowest BCUT2D eigenvalue weighted by molar-refractivity contribution is -0.143. The molecule has 4 aliphatic rings. The van der Waals surface area contributed by atoms with E-state index in [1.807, 2.05) is 0 Å². The third kappa shape index (κ3) is 4.78. The minimum absolute atomic E-state index is 0.0800. The van der Waals surface area contributed by atoms with Gasteiger partial charge in [0.2, 0.25) is 11.8 Å². The monoisotopic (exact) mass is 740 g/mol. The average molecular weight is 741 g/mol. The van der Waals surface area contributed by atoms with E-state index < -0.39 is 98.5 Å². The molecule has 0 radical (unpaired) electrons. The molecule has 0 bridgehead atoms. The number of imide groups is 2. The highest BCUT2D eigenvalue weighted by atomic mass is 35.5. The number of rotatable bonds is 3. The van der Waals surface area contributed by atoms with E-state index in [9.17, 15) is 55.0 Å². The number of halogens is 9. The van der Waals surface area contributed by atoms with Crippen molar-refractivity contribution in [2.45, 2.75) is 40.9 Å². The number of nitrogens with zero attached hydrogens (tertiary/aromatic N) is 2. The summed E-state index contributed by atoms with van der Waals surface area (Å²) in [6.07, 6.45) is -9.81. The number of hydrogen-bond acceptors (Lipinski definition) is 5. The van der Waals surface area contributed by atoms with Crippen molar-refractivity contribution in [1.29, 1.82) is 0 Å². The third-order valence-corrected chi connectivity index (χ3v) is 11.3. The first-order valence-electron chi connectivity index (χ1n) is 15.0. The molecule has 7 nitrogen and oxygen atoms in total. The van der Waals surface area contributed by atoms with E-state index in [0.717, 1.165) is 24.3 Å². The molecular weight excluding hydrogens is 720 g/mol. The number of alkyl halides is 8. The van der Waals surface area contributed by atoms with Gasteiger partial charge in [-0.25, -0.2) is 14.2 Å². The minimum Gasteiger partial charge on any atom is -0.508 e. The predicted molar refractivity (Wildman–Crippen MR) is 164 cm³/mol. The van der Waals surface area contributed by atoms with Gasteiger partial charge in [0.25, 0.3) is 11.8 Å². The van der Waals surface area contributed by atoms with Crippen LogP contribution >= 0.6 is 23.2 Å². The molecule has 260 valence electrons. The smallest absolute Gasteiger partial charge is 0.416 e. The summed E-state index contributed by atoms with van der Waals surface area (Å²) < 4.78 is 96.1. The highest BCUT2D eigenvalue weighted by molar-refractivity contribution is 6.58. The highest BCUT2D eigenvalue weighted by Crippen LogP contribution is 2.66. The number of aromatic hydroxyl groups is 1. The molecule has 3 fully saturated rings. The maximum Gasteiger partial charge on any atom is 0.416 e. The molecule has 0 spiro atoms. The largest absolute Gasteiger partial charge is 0.508 e. The van der Waals surface area contributed by atoms with Crippen molar-refractivity contribution in [2.75, 3.05) is 9.80 Å². The number of hydrogen-bond donors (Lipinski definition) is 1. The third-order valence-electron chi connectivity index (χ3n) is 9.93. The fourth-order valence-electron chi connectivity index (χ4n) is 7.80. The molecule has 6 atom stereocenters. The van der Waals surface area contributed by atoms with Gasteiger partial charge in [-0.1, -0.05) is 23.8 Å². The molecule has 2 aliphatic heterocycles. The second-order valence-corrected chi connectivity index (χ2v) is 13.9. The fraction of sp³-hybridized carbons (Fsp3) is 0.294. The Morgan fingerprint density at radius 1 is 0.740 bits per heavy atom. The maximum atomic E-state index is 14.3. The summed E-state index contributed by atoms with van der Waals surface area (Å²) in [4.78, 5) is 52.7. The molecule has 4 amide bonds. The van der Waals surface area contributed by atoms with Crippen LogP contribution in [0.5, 0.6) is 5.75 Å². The summed E-state index contributed by atoms with van der Waals surface area (Å²) in [6, 6.07) is 10.2. The first kappa shape index (κ1) is 34.0. The number of fused-ring (bicyclic) bond motifs is 4. The molecular formula is C34H21Cl2F7N2O5. The van der Waals surface area contributed by atoms with Crippen LogP contribution < -0.4 is 9.80 Å². The second kappa shape index (κ2) is 11.0. The van der Waals surface area contributed by atoms with Crippen molar-refractivity contribution in [1.82, 2.24) is 0 Å². The van der Waals surface area contributed by atoms with Crippen LogP contribution in [0.1, 0.15) is 35.4 Å². The highest BCUT2D eigenvalue weighted by Gasteiger charge is 2.76. The summed E-state index contributed by atoms with van der Waals surface area (Å²) in [5.41, 5.74) is -4.05. The summed E-state index contributed by atoms with van der Waals surface area (Å²) in [6.45, 7) is 0. The number of benzene rings is 3. The number of phenolic OH excluding ortho intramolecular Hbond substituents is 1. The number of amides is 4. The number of anilines is 2. The van der Waals surface area contributed by atoms with Gasteiger partial charge < -0.3 is 5.11 Å². The Balaban J connectivity index is 1.37. The lowest BCUT2D eigenvalue weighted by Crippen LogP contribution is -2.60. The van der Waals surface area contributed by atoms with Gasteiger partial charge in [-0.3, -0.25) is 19.2 Å². The van der Waals surface area contributed by atoms with Crippen LogP contribution in [0.2, 0.25) is 0 Å². The van der Waals surface area contributed by atoms with Crippen LogP contribution in [-0.4, -0.2) is 38.5 Å². The van der Waals surface area contributed by atoms with E-state index >= 15 is 0 Å². The summed E-state index contributed by atoms with van der Waals surface area (Å²) >= 11 is 14.4. The molecule has 0 unspecified atom stereocenters. The standard InChI is InChI=1S/C34H21Cl2F7N2O5/c35-31-14-24-22(8-9-23-25(24)28(48)44(27(23)47)20-12-16(33(38,39)40)11-17(13-20)34(41,42)43)26(15-2-1-3-21(46)10-15)32(31,36)30(50)45(29(31)49)19-6-4-18(37)5-7-19/h1-8,10-13,23-26,46H,9,14H2/t23-,24+,25-,26-,31+,32-/m0/s1.